The Balaban J connectivity index is 1.98. The lowest BCUT2D eigenvalue weighted by Gasteiger charge is -2.47. The molecule has 1 aromatic heterocycles. The minimum Gasteiger partial charge on any atom is -0.331 e. The molecule has 3 heteroatoms. The van der Waals surface area contributed by atoms with E-state index in [0.717, 1.165) is 24.2 Å². The highest BCUT2D eigenvalue weighted by Gasteiger charge is 2.44. The van der Waals surface area contributed by atoms with Crippen LogP contribution in [0.5, 0.6) is 0 Å². The fraction of sp³-hybridized carbons (Fsp3) is 0.588. The van der Waals surface area contributed by atoms with Gasteiger partial charge in [0.25, 0.3) is 0 Å². The SMILES string of the molecule is Cn1c(CC2(N)CCCCC2(C)C)nc2ccccc21. The van der Waals surface area contributed by atoms with E-state index in [1.807, 2.05) is 6.07 Å². The molecule has 1 aromatic carbocycles. The number of aromatic nitrogens is 2. The number of rotatable bonds is 2. The van der Waals surface area contributed by atoms with Crippen LogP contribution in [-0.2, 0) is 13.5 Å². The summed E-state index contributed by atoms with van der Waals surface area (Å²) >= 11 is 0. The fourth-order valence-corrected chi connectivity index (χ4v) is 3.56. The standard InChI is InChI=1S/C17H25N3/c1-16(2)10-6-7-11-17(16,18)12-15-19-13-8-4-5-9-14(13)20(15)3/h4-5,8-9H,6-7,10-12,18H2,1-3H3. The van der Waals surface area contributed by atoms with E-state index < -0.39 is 0 Å². The van der Waals surface area contributed by atoms with E-state index in [9.17, 15) is 0 Å². The quantitative estimate of drug-likeness (QED) is 0.909. The second-order valence-electron chi connectivity index (χ2n) is 7.00. The summed E-state index contributed by atoms with van der Waals surface area (Å²) in [6, 6.07) is 8.31. The predicted octanol–water partition coefficient (Wildman–Crippen LogP) is 3.41. The lowest BCUT2D eigenvalue weighted by atomic mass is 9.62. The Labute approximate surface area is 121 Å². The molecule has 1 aliphatic rings. The molecule has 0 saturated heterocycles. The molecule has 1 aliphatic carbocycles. The van der Waals surface area contributed by atoms with Gasteiger partial charge in [0.05, 0.1) is 11.0 Å². The molecule has 3 rings (SSSR count). The summed E-state index contributed by atoms with van der Waals surface area (Å²) in [7, 11) is 2.10. The van der Waals surface area contributed by atoms with Crippen LogP contribution >= 0.6 is 0 Å². The molecule has 1 saturated carbocycles. The Morgan fingerprint density at radius 1 is 1.20 bits per heavy atom. The third-order valence-corrected chi connectivity index (χ3v) is 5.38. The molecule has 2 aromatic rings. The maximum atomic E-state index is 6.81. The smallest absolute Gasteiger partial charge is 0.111 e. The van der Waals surface area contributed by atoms with E-state index >= 15 is 0 Å². The largest absolute Gasteiger partial charge is 0.331 e. The van der Waals surface area contributed by atoms with Crippen LogP contribution in [0.15, 0.2) is 24.3 Å². The van der Waals surface area contributed by atoms with Gasteiger partial charge >= 0.3 is 0 Å². The summed E-state index contributed by atoms with van der Waals surface area (Å²) in [6.07, 6.45) is 5.72. The predicted molar refractivity (Wildman–Crippen MR) is 83.6 cm³/mol. The molecule has 0 radical (unpaired) electrons. The number of fused-ring (bicyclic) bond motifs is 1. The van der Waals surface area contributed by atoms with E-state index in [1.54, 1.807) is 0 Å². The molecular weight excluding hydrogens is 246 g/mol. The maximum absolute atomic E-state index is 6.81. The van der Waals surface area contributed by atoms with Gasteiger partial charge < -0.3 is 10.3 Å². The van der Waals surface area contributed by atoms with Crippen LogP contribution in [0, 0.1) is 5.41 Å². The highest BCUT2D eigenvalue weighted by atomic mass is 15.1. The van der Waals surface area contributed by atoms with Crippen LogP contribution in [0.3, 0.4) is 0 Å². The van der Waals surface area contributed by atoms with E-state index in [1.165, 1.54) is 24.8 Å². The van der Waals surface area contributed by atoms with Gasteiger partial charge in [0.15, 0.2) is 0 Å². The third-order valence-electron chi connectivity index (χ3n) is 5.38. The molecule has 0 bridgehead atoms. The van der Waals surface area contributed by atoms with Gasteiger partial charge in [-0.05, 0) is 30.4 Å². The molecular formula is C17H25N3. The Bertz CT molecular complexity index is 626. The highest BCUT2D eigenvalue weighted by Crippen LogP contribution is 2.43. The molecule has 0 spiro atoms. The third kappa shape index (κ3) is 2.05. The van der Waals surface area contributed by atoms with Crippen LogP contribution in [0.1, 0.15) is 45.4 Å². The van der Waals surface area contributed by atoms with Crippen molar-refractivity contribution in [3.63, 3.8) is 0 Å². The maximum Gasteiger partial charge on any atom is 0.111 e. The van der Waals surface area contributed by atoms with E-state index in [0.29, 0.717) is 0 Å². The summed E-state index contributed by atoms with van der Waals surface area (Å²) in [5, 5.41) is 0. The first-order valence-corrected chi connectivity index (χ1v) is 7.62. The van der Waals surface area contributed by atoms with Crippen LogP contribution in [0.25, 0.3) is 11.0 Å². The summed E-state index contributed by atoms with van der Waals surface area (Å²) < 4.78 is 2.20. The summed E-state index contributed by atoms with van der Waals surface area (Å²) in [5.74, 6) is 1.11. The minimum atomic E-state index is -0.139. The normalized spacial score (nSPS) is 26.0. The molecule has 108 valence electrons. The Morgan fingerprint density at radius 2 is 1.90 bits per heavy atom. The summed E-state index contributed by atoms with van der Waals surface area (Å²) in [4.78, 5) is 4.80. The van der Waals surface area contributed by atoms with Crippen molar-refractivity contribution in [1.29, 1.82) is 0 Å². The lowest BCUT2D eigenvalue weighted by molar-refractivity contribution is 0.0966. The molecule has 0 amide bonds. The number of benzene rings is 1. The summed E-state index contributed by atoms with van der Waals surface area (Å²) in [5.41, 5.74) is 9.12. The molecule has 1 atom stereocenters. The molecule has 3 nitrogen and oxygen atoms in total. The van der Waals surface area contributed by atoms with E-state index in [-0.39, 0.29) is 11.0 Å². The second-order valence-corrected chi connectivity index (χ2v) is 7.00. The van der Waals surface area contributed by atoms with Crippen molar-refractivity contribution in [2.24, 2.45) is 18.2 Å². The molecule has 1 unspecified atom stereocenters. The van der Waals surface area contributed by atoms with Crippen molar-refractivity contribution in [2.45, 2.75) is 51.5 Å². The van der Waals surface area contributed by atoms with Crippen molar-refractivity contribution >= 4 is 11.0 Å². The Morgan fingerprint density at radius 3 is 2.60 bits per heavy atom. The first-order valence-electron chi connectivity index (χ1n) is 7.62. The van der Waals surface area contributed by atoms with Crippen molar-refractivity contribution in [3.8, 4) is 0 Å². The number of hydrogen-bond acceptors (Lipinski definition) is 2. The zero-order chi connectivity index (χ0) is 14.4. The van der Waals surface area contributed by atoms with E-state index in [2.05, 4.69) is 43.7 Å². The van der Waals surface area contributed by atoms with Gasteiger partial charge in [-0.3, -0.25) is 0 Å². The molecule has 1 fully saturated rings. The molecule has 2 N–H and O–H groups in total. The Kier molecular flexibility index (Phi) is 3.13. The van der Waals surface area contributed by atoms with Gasteiger partial charge in [0.2, 0.25) is 0 Å². The topological polar surface area (TPSA) is 43.8 Å². The first kappa shape index (κ1) is 13.6. The summed E-state index contributed by atoms with van der Waals surface area (Å²) in [6.45, 7) is 4.63. The number of nitrogens with two attached hydrogens (primary N) is 1. The lowest BCUT2D eigenvalue weighted by Crippen LogP contribution is -2.56. The van der Waals surface area contributed by atoms with Crippen LogP contribution in [0.4, 0.5) is 0 Å². The number of imidazole rings is 1. The highest BCUT2D eigenvalue weighted by molar-refractivity contribution is 5.75. The van der Waals surface area contributed by atoms with Gasteiger partial charge in [0, 0.05) is 19.0 Å². The van der Waals surface area contributed by atoms with Gasteiger partial charge in [-0.25, -0.2) is 4.98 Å². The van der Waals surface area contributed by atoms with Gasteiger partial charge in [0.1, 0.15) is 5.82 Å². The van der Waals surface area contributed by atoms with Gasteiger partial charge in [-0.15, -0.1) is 0 Å². The average molecular weight is 271 g/mol. The van der Waals surface area contributed by atoms with Crippen molar-refractivity contribution in [2.75, 3.05) is 0 Å². The van der Waals surface area contributed by atoms with Gasteiger partial charge in [-0.2, -0.15) is 0 Å². The fourth-order valence-electron chi connectivity index (χ4n) is 3.56. The van der Waals surface area contributed by atoms with Gasteiger partial charge in [-0.1, -0.05) is 38.8 Å². The molecule has 20 heavy (non-hydrogen) atoms. The average Bonchev–Trinajstić information content (AvgIpc) is 2.71. The number of hydrogen-bond donors (Lipinski definition) is 1. The monoisotopic (exact) mass is 271 g/mol. The van der Waals surface area contributed by atoms with E-state index in [4.69, 9.17) is 10.7 Å². The number of aryl methyl sites for hydroxylation is 1. The zero-order valence-electron chi connectivity index (χ0n) is 12.8. The van der Waals surface area contributed by atoms with Crippen LogP contribution < -0.4 is 5.73 Å². The van der Waals surface area contributed by atoms with Crippen molar-refractivity contribution < 1.29 is 0 Å². The minimum absolute atomic E-state index is 0.139. The van der Waals surface area contributed by atoms with Crippen molar-refractivity contribution in [3.05, 3.63) is 30.1 Å². The zero-order valence-corrected chi connectivity index (χ0v) is 12.8. The molecule has 1 heterocycles. The number of para-hydroxylation sites is 2. The second kappa shape index (κ2) is 4.59. The first-order chi connectivity index (χ1) is 9.43. The Hall–Kier alpha value is -1.35. The number of nitrogens with zero attached hydrogens (tertiary/aromatic N) is 2. The van der Waals surface area contributed by atoms with Crippen LogP contribution in [-0.4, -0.2) is 15.1 Å². The molecule has 0 aliphatic heterocycles. The van der Waals surface area contributed by atoms with Crippen LogP contribution in [0.2, 0.25) is 0 Å². The van der Waals surface area contributed by atoms with Crippen molar-refractivity contribution in [1.82, 2.24) is 9.55 Å².